The second kappa shape index (κ2) is 8.01. The van der Waals surface area contributed by atoms with Crippen molar-refractivity contribution in [3.05, 3.63) is 52.8 Å². The first-order valence-corrected chi connectivity index (χ1v) is 7.77. The molecule has 0 radical (unpaired) electrons. The van der Waals surface area contributed by atoms with Crippen molar-refractivity contribution in [3.63, 3.8) is 0 Å². The Hall–Kier alpha value is -1.78. The molecule has 1 heterocycles. The van der Waals surface area contributed by atoms with Gasteiger partial charge in [-0.1, -0.05) is 17.7 Å². The second-order valence-electron chi connectivity index (χ2n) is 4.87. The topological polar surface area (TPSA) is 57.4 Å². The van der Waals surface area contributed by atoms with Gasteiger partial charge < -0.3 is 15.2 Å². The summed E-state index contributed by atoms with van der Waals surface area (Å²) in [5, 5.41) is 0.543. The van der Waals surface area contributed by atoms with E-state index in [0.29, 0.717) is 36.2 Å². The van der Waals surface area contributed by atoms with Gasteiger partial charge in [-0.2, -0.15) is 0 Å². The molecule has 5 heteroatoms. The molecule has 1 unspecified atom stereocenters. The molecule has 0 fully saturated rings. The van der Waals surface area contributed by atoms with Crippen LogP contribution in [0.4, 0.5) is 0 Å². The molecular weight excluding hydrogens is 300 g/mol. The fourth-order valence-electron chi connectivity index (χ4n) is 2.25. The first-order valence-electron chi connectivity index (χ1n) is 7.39. The van der Waals surface area contributed by atoms with E-state index in [2.05, 4.69) is 4.98 Å². The third-order valence-corrected chi connectivity index (χ3v) is 3.51. The van der Waals surface area contributed by atoms with Gasteiger partial charge >= 0.3 is 0 Å². The summed E-state index contributed by atoms with van der Waals surface area (Å²) in [6.45, 7) is 4.93. The predicted molar refractivity (Wildman–Crippen MR) is 88.7 cm³/mol. The number of nitrogens with zero attached hydrogens (tertiary/aromatic N) is 1. The van der Waals surface area contributed by atoms with Crippen molar-refractivity contribution in [2.75, 3.05) is 13.2 Å². The minimum atomic E-state index is -0.141. The van der Waals surface area contributed by atoms with E-state index in [1.54, 1.807) is 12.4 Å². The van der Waals surface area contributed by atoms with Crippen molar-refractivity contribution in [2.45, 2.75) is 26.3 Å². The van der Waals surface area contributed by atoms with E-state index in [9.17, 15) is 0 Å². The highest BCUT2D eigenvalue weighted by Crippen LogP contribution is 2.37. The van der Waals surface area contributed by atoms with E-state index >= 15 is 0 Å². The van der Waals surface area contributed by atoms with E-state index in [0.717, 1.165) is 11.1 Å². The SMILES string of the molecule is CCOc1cc(CC(N)c2cccnc2)cc(Cl)c1OCC. The molecule has 0 amide bonds. The third kappa shape index (κ3) is 4.12. The highest BCUT2D eigenvalue weighted by atomic mass is 35.5. The molecule has 22 heavy (non-hydrogen) atoms. The van der Waals surface area contributed by atoms with Gasteiger partial charge in [-0.05, 0) is 49.6 Å². The monoisotopic (exact) mass is 320 g/mol. The van der Waals surface area contributed by atoms with E-state index < -0.39 is 0 Å². The molecule has 2 N–H and O–H groups in total. The molecule has 1 aromatic heterocycles. The van der Waals surface area contributed by atoms with Gasteiger partial charge in [-0.3, -0.25) is 4.98 Å². The average molecular weight is 321 g/mol. The Morgan fingerprint density at radius 3 is 2.64 bits per heavy atom. The summed E-state index contributed by atoms with van der Waals surface area (Å²) >= 11 is 6.32. The van der Waals surface area contributed by atoms with Crippen molar-refractivity contribution >= 4 is 11.6 Å². The Bertz CT molecular complexity index is 605. The zero-order valence-corrected chi connectivity index (χ0v) is 13.6. The van der Waals surface area contributed by atoms with Crippen molar-refractivity contribution < 1.29 is 9.47 Å². The highest BCUT2D eigenvalue weighted by molar-refractivity contribution is 6.32. The lowest BCUT2D eigenvalue weighted by atomic mass is 10.0. The molecule has 1 aromatic carbocycles. The van der Waals surface area contributed by atoms with Gasteiger partial charge in [-0.25, -0.2) is 0 Å². The maximum absolute atomic E-state index is 6.32. The molecule has 2 aromatic rings. The van der Waals surface area contributed by atoms with Crippen LogP contribution in [0.25, 0.3) is 0 Å². The zero-order chi connectivity index (χ0) is 15.9. The number of aromatic nitrogens is 1. The normalized spacial score (nSPS) is 12.0. The molecule has 2 rings (SSSR count). The average Bonchev–Trinajstić information content (AvgIpc) is 2.52. The van der Waals surface area contributed by atoms with E-state index in [1.807, 2.05) is 38.1 Å². The summed E-state index contributed by atoms with van der Waals surface area (Å²) in [6, 6.07) is 7.53. The van der Waals surface area contributed by atoms with E-state index in [1.165, 1.54) is 0 Å². The number of nitrogens with two attached hydrogens (primary N) is 1. The van der Waals surface area contributed by atoms with Crippen LogP contribution in [0.5, 0.6) is 11.5 Å². The van der Waals surface area contributed by atoms with Crippen LogP contribution >= 0.6 is 11.6 Å². The van der Waals surface area contributed by atoms with Crippen LogP contribution in [0.3, 0.4) is 0 Å². The Balaban J connectivity index is 2.24. The lowest BCUT2D eigenvalue weighted by molar-refractivity contribution is 0.287. The molecule has 0 bridgehead atoms. The maximum Gasteiger partial charge on any atom is 0.179 e. The molecular formula is C17H21ClN2O2. The van der Waals surface area contributed by atoms with Crippen LogP contribution in [0.1, 0.15) is 31.0 Å². The van der Waals surface area contributed by atoms with Gasteiger partial charge in [-0.15, -0.1) is 0 Å². The standard InChI is InChI=1S/C17H21ClN2O2/c1-3-21-16-10-12(8-14(18)17(16)22-4-2)9-15(19)13-6-5-7-20-11-13/h5-8,10-11,15H,3-4,9,19H2,1-2H3. The smallest absolute Gasteiger partial charge is 0.179 e. The zero-order valence-electron chi connectivity index (χ0n) is 12.9. The Morgan fingerprint density at radius 2 is 2.00 bits per heavy atom. The summed E-state index contributed by atoms with van der Waals surface area (Å²) < 4.78 is 11.2. The fraction of sp³-hybridized carbons (Fsp3) is 0.353. The number of hydrogen-bond acceptors (Lipinski definition) is 4. The lowest BCUT2D eigenvalue weighted by Crippen LogP contribution is -2.13. The Kier molecular flexibility index (Phi) is 6.04. The molecule has 0 aliphatic rings. The van der Waals surface area contributed by atoms with Crippen LogP contribution in [-0.2, 0) is 6.42 Å². The number of benzene rings is 1. The summed E-state index contributed by atoms with van der Waals surface area (Å²) in [4.78, 5) is 4.10. The van der Waals surface area contributed by atoms with Crippen molar-refractivity contribution in [3.8, 4) is 11.5 Å². The maximum atomic E-state index is 6.32. The van der Waals surface area contributed by atoms with E-state index in [-0.39, 0.29) is 6.04 Å². The highest BCUT2D eigenvalue weighted by Gasteiger charge is 2.14. The summed E-state index contributed by atoms with van der Waals surface area (Å²) in [5.41, 5.74) is 8.24. The number of halogens is 1. The number of pyridine rings is 1. The number of rotatable bonds is 7. The van der Waals surface area contributed by atoms with Gasteiger partial charge in [0, 0.05) is 18.4 Å². The van der Waals surface area contributed by atoms with Crippen LogP contribution in [-0.4, -0.2) is 18.2 Å². The lowest BCUT2D eigenvalue weighted by Gasteiger charge is -2.16. The summed E-state index contributed by atoms with van der Waals surface area (Å²) in [5.74, 6) is 1.25. The molecule has 1 atom stereocenters. The summed E-state index contributed by atoms with van der Waals surface area (Å²) in [6.07, 6.45) is 4.17. The van der Waals surface area contributed by atoms with Gasteiger partial charge in [0.05, 0.1) is 18.2 Å². The molecule has 0 saturated carbocycles. The van der Waals surface area contributed by atoms with Crippen molar-refractivity contribution in [1.82, 2.24) is 4.98 Å². The molecule has 4 nitrogen and oxygen atoms in total. The minimum absolute atomic E-state index is 0.141. The Labute approximate surface area is 136 Å². The Morgan fingerprint density at radius 1 is 1.23 bits per heavy atom. The predicted octanol–water partition coefficient (Wildman–Crippen LogP) is 3.77. The van der Waals surface area contributed by atoms with Crippen molar-refractivity contribution in [1.29, 1.82) is 0 Å². The van der Waals surface area contributed by atoms with Gasteiger partial charge in [0.1, 0.15) is 0 Å². The first-order chi connectivity index (χ1) is 10.7. The van der Waals surface area contributed by atoms with Crippen LogP contribution in [0.15, 0.2) is 36.7 Å². The minimum Gasteiger partial charge on any atom is -0.490 e. The largest absolute Gasteiger partial charge is 0.490 e. The van der Waals surface area contributed by atoms with Gasteiger partial charge in [0.15, 0.2) is 11.5 Å². The molecule has 0 saturated heterocycles. The molecule has 0 aliphatic heterocycles. The number of hydrogen-bond donors (Lipinski definition) is 1. The van der Waals surface area contributed by atoms with Crippen molar-refractivity contribution in [2.24, 2.45) is 5.73 Å². The molecule has 0 aliphatic carbocycles. The first kappa shape index (κ1) is 16.6. The number of ether oxygens (including phenoxy) is 2. The van der Waals surface area contributed by atoms with Crippen LogP contribution in [0, 0.1) is 0 Å². The molecule has 118 valence electrons. The van der Waals surface area contributed by atoms with E-state index in [4.69, 9.17) is 26.8 Å². The fourth-order valence-corrected chi connectivity index (χ4v) is 2.54. The van der Waals surface area contributed by atoms with Crippen LogP contribution in [0.2, 0.25) is 5.02 Å². The molecule has 0 spiro atoms. The summed E-state index contributed by atoms with van der Waals surface area (Å²) in [7, 11) is 0. The van der Waals surface area contributed by atoms with Gasteiger partial charge in [0.25, 0.3) is 0 Å². The quantitative estimate of drug-likeness (QED) is 0.843. The van der Waals surface area contributed by atoms with Crippen LogP contribution < -0.4 is 15.2 Å². The van der Waals surface area contributed by atoms with Gasteiger partial charge in [0.2, 0.25) is 0 Å². The third-order valence-electron chi connectivity index (χ3n) is 3.23. The second-order valence-corrected chi connectivity index (χ2v) is 5.28.